The average Bonchev–Trinajstić information content (AvgIpc) is 2.62. The lowest BCUT2D eigenvalue weighted by Crippen LogP contribution is -2.38. The highest BCUT2D eigenvalue weighted by Gasteiger charge is 2.25. The Hall–Kier alpha value is -2.43. The van der Waals surface area contributed by atoms with Crippen molar-refractivity contribution in [2.45, 2.75) is 25.7 Å². The lowest BCUT2D eigenvalue weighted by Gasteiger charge is -2.32. The summed E-state index contributed by atoms with van der Waals surface area (Å²) in [5, 5.41) is 0. The Kier molecular flexibility index (Phi) is 4.55. The van der Waals surface area contributed by atoms with Gasteiger partial charge in [-0.3, -0.25) is 4.79 Å². The number of aryl methyl sites for hydroxylation is 1. The van der Waals surface area contributed by atoms with Crippen molar-refractivity contribution in [1.29, 1.82) is 0 Å². The number of likely N-dealkylation sites (tertiary alicyclic amines) is 1. The topological polar surface area (TPSA) is 55.3 Å². The summed E-state index contributed by atoms with van der Waals surface area (Å²) in [4.78, 5) is 22.6. The zero-order valence-electron chi connectivity index (χ0n) is 13.5. The number of aromatic nitrogens is 2. The number of rotatable bonds is 3. The third-order valence-electron chi connectivity index (χ3n) is 4.49. The molecule has 23 heavy (non-hydrogen) atoms. The Balaban J connectivity index is 1.66. The molecule has 1 aromatic carbocycles. The standard InChI is InChI=1S/C18H21N3O2/c1-13-17(11-19-12-20-13)18(22)21-8-6-14(7-9-21)15-4-3-5-16(10-15)23-2/h3-5,10-12,14H,6-9H2,1-2H3. The fraction of sp³-hybridized carbons (Fsp3) is 0.389. The summed E-state index contributed by atoms with van der Waals surface area (Å²) in [5.41, 5.74) is 2.63. The van der Waals surface area contributed by atoms with Gasteiger partial charge in [0.05, 0.1) is 18.4 Å². The predicted molar refractivity (Wildman–Crippen MR) is 87.6 cm³/mol. The molecule has 1 amide bonds. The van der Waals surface area contributed by atoms with Crippen LogP contribution in [0.15, 0.2) is 36.8 Å². The fourth-order valence-electron chi connectivity index (χ4n) is 3.08. The third kappa shape index (κ3) is 3.33. The third-order valence-corrected chi connectivity index (χ3v) is 4.49. The summed E-state index contributed by atoms with van der Waals surface area (Å²) in [6.07, 6.45) is 5.01. The van der Waals surface area contributed by atoms with Gasteiger partial charge < -0.3 is 9.64 Å². The molecule has 5 heteroatoms. The van der Waals surface area contributed by atoms with E-state index in [1.54, 1.807) is 13.3 Å². The van der Waals surface area contributed by atoms with E-state index < -0.39 is 0 Å². The van der Waals surface area contributed by atoms with E-state index in [9.17, 15) is 4.79 Å². The van der Waals surface area contributed by atoms with E-state index in [4.69, 9.17) is 4.74 Å². The summed E-state index contributed by atoms with van der Waals surface area (Å²) in [6.45, 7) is 3.36. The fourth-order valence-corrected chi connectivity index (χ4v) is 3.08. The van der Waals surface area contributed by atoms with Crippen LogP contribution in [-0.2, 0) is 0 Å². The van der Waals surface area contributed by atoms with Crippen LogP contribution in [-0.4, -0.2) is 41.0 Å². The molecule has 0 bridgehead atoms. The second-order valence-electron chi connectivity index (χ2n) is 5.86. The second-order valence-corrected chi connectivity index (χ2v) is 5.86. The quantitative estimate of drug-likeness (QED) is 0.874. The number of hydrogen-bond donors (Lipinski definition) is 0. The van der Waals surface area contributed by atoms with Crippen molar-refractivity contribution in [3.63, 3.8) is 0 Å². The minimum Gasteiger partial charge on any atom is -0.497 e. The monoisotopic (exact) mass is 311 g/mol. The number of methoxy groups -OCH3 is 1. The maximum Gasteiger partial charge on any atom is 0.257 e. The van der Waals surface area contributed by atoms with Crippen LogP contribution in [0.5, 0.6) is 5.75 Å². The van der Waals surface area contributed by atoms with E-state index in [2.05, 4.69) is 22.1 Å². The smallest absolute Gasteiger partial charge is 0.257 e. The van der Waals surface area contributed by atoms with Gasteiger partial charge in [0.25, 0.3) is 5.91 Å². The summed E-state index contributed by atoms with van der Waals surface area (Å²) in [5.74, 6) is 1.40. The molecule has 1 aliphatic heterocycles. The number of piperidine rings is 1. The average molecular weight is 311 g/mol. The van der Waals surface area contributed by atoms with Crippen LogP contribution in [0.1, 0.15) is 40.4 Å². The van der Waals surface area contributed by atoms with Gasteiger partial charge in [0.1, 0.15) is 12.1 Å². The van der Waals surface area contributed by atoms with Gasteiger partial charge in [-0.25, -0.2) is 9.97 Å². The molecule has 1 saturated heterocycles. The van der Waals surface area contributed by atoms with E-state index in [0.29, 0.717) is 11.5 Å². The minimum atomic E-state index is 0.0344. The highest BCUT2D eigenvalue weighted by Crippen LogP contribution is 2.30. The highest BCUT2D eigenvalue weighted by atomic mass is 16.5. The normalized spacial score (nSPS) is 15.5. The van der Waals surface area contributed by atoms with Crippen LogP contribution in [0.25, 0.3) is 0 Å². The molecular formula is C18H21N3O2. The molecule has 2 aromatic rings. The number of benzene rings is 1. The van der Waals surface area contributed by atoms with Crippen LogP contribution in [0.2, 0.25) is 0 Å². The van der Waals surface area contributed by atoms with Crippen molar-refractivity contribution >= 4 is 5.91 Å². The lowest BCUT2D eigenvalue weighted by atomic mass is 9.89. The van der Waals surface area contributed by atoms with Gasteiger partial charge in [-0.2, -0.15) is 0 Å². The molecule has 1 fully saturated rings. The SMILES string of the molecule is COc1cccc(C2CCN(C(=O)c3cncnc3C)CC2)c1. The van der Waals surface area contributed by atoms with Crippen molar-refractivity contribution < 1.29 is 9.53 Å². The number of ether oxygens (including phenoxy) is 1. The zero-order chi connectivity index (χ0) is 16.2. The second kappa shape index (κ2) is 6.77. The van der Waals surface area contributed by atoms with Crippen molar-refractivity contribution in [1.82, 2.24) is 14.9 Å². The molecular weight excluding hydrogens is 290 g/mol. The van der Waals surface area contributed by atoms with Crippen LogP contribution in [0.4, 0.5) is 0 Å². The van der Waals surface area contributed by atoms with E-state index in [1.165, 1.54) is 11.9 Å². The van der Waals surface area contributed by atoms with E-state index in [0.717, 1.165) is 37.4 Å². The predicted octanol–water partition coefficient (Wildman–Crippen LogP) is 2.81. The number of nitrogens with zero attached hydrogens (tertiary/aromatic N) is 3. The Bertz CT molecular complexity index is 694. The summed E-state index contributed by atoms with van der Waals surface area (Å²) < 4.78 is 5.30. The maximum atomic E-state index is 12.6. The van der Waals surface area contributed by atoms with Crippen molar-refractivity contribution in [3.8, 4) is 5.75 Å². The van der Waals surface area contributed by atoms with Crippen LogP contribution in [0, 0.1) is 6.92 Å². The highest BCUT2D eigenvalue weighted by molar-refractivity contribution is 5.94. The molecule has 1 aromatic heterocycles. The molecule has 0 atom stereocenters. The first-order valence-corrected chi connectivity index (χ1v) is 7.89. The molecule has 1 aliphatic rings. The molecule has 5 nitrogen and oxygen atoms in total. The summed E-state index contributed by atoms with van der Waals surface area (Å²) >= 11 is 0. The molecule has 3 rings (SSSR count). The van der Waals surface area contributed by atoms with Crippen LogP contribution >= 0.6 is 0 Å². The summed E-state index contributed by atoms with van der Waals surface area (Å²) in [6, 6.07) is 8.22. The molecule has 120 valence electrons. The Morgan fingerprint density at radius 1 is 1.30 bits per heavy atom. The van der Waals surface area contributed by atoms with Gasteiger partial charge in [-0.1, -0.05) is 12.1 Å². The molecule has 2 heterocycles. The van der Waals surface area contributed by atoms with Gasteiger partial charge in [0, 0.05) is 19.3 Å². The Labute approximate surface area is 136 Å². The van der Waals surface area contributed by atoms with E-state index >= 15 is 0 Å². The van der Waals surface area contributed by atoms with Crippen molar-refractivity contribution in [2.24, 2.45) is 0 Å². The van der Waals surface area contributed by atoms with E-state index in [1.807, 2.05) is 24.0 Å². The van der Waals surface area contributed by atoms with Gasteiger partial charge in [0.15, 0.2) is 0 Å². The number of carbonyl (C=O) groups is 1. The van der Waals surface area contributed by atoms with Gasteiger partial charge in [0.2, 0.25) is 0 Å². The number of hydrogen-bond acceptors (Lipinski definition) is 4. The van der Waals surface area contributed by atoms with E-state index in [-0.39, 0.29) is 5.91 Å². The number of carbonyl (C=O) groups excluding carboxylic acids is 1. The molecule has 0 N–H and O–H groups in total. The minimum absolute atomic E-state index is 0.0344. The largest absolute Gasteiger partial charge is 0.497 e. The van der Waals surface area contributed by atoms with Crippen molar-refractivity contribution in [2.75, 3.05) is 20.2 Å². The number of amides is 1. The van der Waals surface area contributed by atoms with Gasteiger partial charge in [-0.15, -0.1) is 0 Å². The van der Waals surface area contributed by atoms with Crippen LogP contribution in [0.3, 0.4) is 0 Å². The first-order chi connectivity index (χ1) is 11.2. The van der Waals surface area contributed by atoms with Crippen LogP contribution < -0.4 is 4.74 Å². The first-order valence-electron chi connectivity index (χ1n) is 7.89. The van der Waals surface area contributed by atoms with Gasteiger partial charge >= 0.3 is 0 Å². The first kappa shape index (κ1) is 15.5. The van der Waals surface area contributed by atoms with Gasteiger partial charge in [-0.05, 0) is 43.4 Å². The summed E-state index contributed by atoms with van der Waals surface area (Å²) in [7, 11) is 1.69. The molecule has 0 radical (unpaired) electrons. The Morgan fingerprint density at radius 3 is 2.78 bits per heavy atom. The molecule has 0 unspecified atom stereocenters. The molecule has 0 saturated carbocycles. The van der Waals surface area contributed by atoms with Crippen molar-refractivity contribution in [3.05, 3.63) is 53.6 Å². The zero-order valence-corrected chi connectivity index (χ0v) is 13.5. The lowest BCUT2D eigenvalue weighted by molar-refractivity contribution is 0.0711. The Morgan fingerprint density at radius 2 is 2.09 bits per heavy atom. The molecule has 0 aliphatic carbocycles. The molecule has 0 spiro atoms. The maximum absolute atomic E-state index is 12.6.